The van der Waals surface area contributed by atoms with Crippen molar-refractivity contribution in [1.82, 2.24) is 4.98 Å². The molecule has 1 atom stereocenters. The van der Waals surface area contributed by atoms with Crippen LogP contribution >= 0.6 is 11.6 Å². The van der Waals surface area contributed by atoms with Crippen LogP contribution in [0.4, 0.5) is 22.7 Å². The molecule has 3 aromatic rings. The van der Waals surface area contributed by atoms with Crippen LogP contribution in [0.5, 0.6) is 0 Å². The van der Waals surface area contributed by atoms with E-state index in [1.165, 1.54) is 6.21 Å². The minimum Gasteiger partial charge on any atom is -0.397 e. The third-order valence-electron chi connectivity index (χ3n) is 5.78. The summed E-state index contributed by atoms with van der Waals surface area (Å²) in [4.78, 5) is 22.0. The van der Waals surface area contributed by atoms with Gasteiger partial charge in [-0.2, -0.15) is 0 Å². The number of hydrogen-bond donors (Lipinski definition) is 4. The molecule has 1 fully saturated rings. The Morgan fingerprint density at radius 3 is 2.85 bits per heavy atom. The Hall–Kier alpha value is -3.33. The number of halogens is 1. The van der Waals surface area contributed by atoms with Crippen LogP contribution in [0.15, 0.2) is 58.4 Å². The van der Waals surface area contributed by atoms with Gasteiger partial charge < -0.3 is 30.8 Å². The van der Waals surface area contributed by atoms with Crippen LogP contribution in [0.1, 0.15) is 22.8 Å². The molecular weight excluding hydrogens is 454 g/mol. The van der Waals surface area contributed by atoms with Gasteiger partial charge in [0, 0.05) is 42.8 Å². The number of hydrogen-bond acceptors (Lipinski definition) is 7. The van der Waals surface area contributed by atoms with Crippen molar-refractivity contribution in [2.24, 2.45) is 4.99 Å². The molecule has 34 heavy (non-hydrogen) atoms. The van der Waals surface area contributed by atoms with E-state index in [1.54, 1.807) is 36.5 Å². The van der Waals surface area contributed by atoms with Gasteiger partial charge in [-0.3, -0.25) is 9.79 Å². The predicted octanol–water partition coefficient (Wildman–Crippen LogP) is 3.65. The smallest absolute Gasteiger partial charge is 0.258 e. The number of aliphatic hydroxyl groups excluding tert-OH is 1. The van der Waals surface area contributed by atoms with Crippen molar-refractivity contribution in [3.63, 3.8) is 0 Å². The number of nitrogen functional groups attached to an aromatic ring is 1. The van der Waals surface area contributed by atoms with Gasteiger partial charge in [-0.15, -0.1) is 0 Å². The van der Waals surface area contributed by atoms with Crippen molar-refractivity contribution in [3.05, 3.63) is 80.7 Å². The van der Waals surface area contributed by atoms with E-state index >= 15 is 0 Å². The predicted molar refractivity (Wildman–Crippen MR) is 138 cm³/mol. The summed E-state index contributed by atoms with van der Waals surface area (Å²) in [6, 6.07) is 12.7. The minimum atomic E-state index is -0.800. The fourth-order valence-corrected chi connectivity index (χ4v) is 4.02. The number of benzene rings is 2. The van der Waals surface area contributed by atoms with Crippen molar-refractivity contribution in [1.29, 1.82) is 0 Å². The first-order chi connectivity index (χ1) is 16.4. The molecule has 0 saturated carbocycles. The lowest BCUT2D eigenvalue weighted by Crippen LogP contribution is -2.36. The Labute approximate surface area is 203 Å². The first-order valence-electron chi connectivity index (χ1n) is 11.1. The molecule has 1 saturated heterocycles. The van der Waals surface area contributed by atoms with Crippen molar-refractivity contribution in [3.8, 4) is 0 Å². The molecule has 2 aromatic carbocycles. The second kappa shape index (κ2) is 10.7. The number of aryl methyl sites for hydroxylation is 1. The van der Waals surface area contributed by atoms with E-state index in [-0.39, 0.29) is 12.1 Å². The number of pyridine rings is 1. The van der Waals surface area contributed by atoms with E-state index in [4.69, 9.17) is 22.1 Å². The molecule has 0 radical (unpaired) electrons. The number of ether oxygens (including phenoxy) is 1. The van der Waals surface area contributed by atoms with Gasteiger partial charge in [0.05, 0.1) is 41.9 Å². The van der Waals surface area contributed by atoms with E-state index < -0.39 is 6.10 Å². The molecule has 9 heteroatoms. The quantitative estimate of drug-likeness (QED) is 0.302. The molecule has 0 spiro atoms. The zero-order valence-corrected chi connectivity index (χ0v) is 19.7. The van der Waals surface area contributed by atoms with Crippen molar-refractivity contribution in [2.75, 3.05) is 48.8 Å². The fourth-order valence-electron chi connectivity index (χ4n) is 3.82. The van der Waals surface area contributed by atoms with Gasteiger partial charge in [0.2, 0.25) is 0 Å². The van der Waals surface area contributed by atoms with E-state index in [9.17, 15) is 9.90 Å². The summed E-state index contributed by atoms with van der Waals surface area (Å²) in [6.07, 6.45) is 2.25. The average Bonchev–Trinajstić information content (AvgIpc) is 2.84. The molecule has 0 bridgehead atoms. The van der Waals surface area contributed by atoms with Gasteiger partial charge in [-0.05, 0) is 48.4 Å². The first kappa shape index (κ1) is 23.8. The molecule has 0 unspecified atom stereocenters. The van der Waals surface area contributed by atoms with Crippen LogP contribution in [-0.2, 0) is 4.74 Å². The average molecular weight is 482 g/mol. The summed E-state index contributed by atoms with van der Waals surface area (Å²) in [6.45, 7) is 5.09. The largest absolute Gasteiger partial charge is 0.397 e. The fraction of sp³-hybridized carbons (Fsp3) is 0.280. The SMILES string of the molecule is Cc1cc(N2CCOCC2)cc(N=Cc2c(NC[C@@H](O)c3cccc(Cl)c3)cc[nH]c2=O)c1N. The van der Waals surface area contributed by atoms with Gasteiger partial charge >= 0.3 is 0 Å². The lowest BCUT2D eigenvalue weighted by atomic mass is 10.1. The molecule has 1 aliphatic heterocycles. The Morgan fingerprint density at radius 1 is 1.29 bits per heavy atom. The number of aliphatic hydroxyl groups is 1. The van der Waals surface area contributed by atoms with Gasteiger partial charge in [0.15, 0.2) is 0 Å². The molecule has 0 aliphatic carbocycles. The molecule has 1 aromatic heterocycles. The van der Waals surface area contributed by atoms with Gasteiger partial charge in [0.25, 0.3) is 5.56 Å². The maximum absolute atomic E-state index is 12.6. The van der Waals surface area contributed by atoms with Crippen molar-refractivity contribution >= 4 is 40.6 Å². The normalized spacial score (nSPS) is 15.0. The summed E-state index contributed by atoms with van der Waals surface area (Å²) in [5, 5.41) is 14.2. The highest BCUT2D eigenvalue weighted by atomic mass is 35.5. The van der Waals surface area contributed by atoms with Gasteiger partial charge in [-0.1, -0.05) is 23.7 Å². The number of rotatable bonds is 7. The maximum Gasteiger partial charge on any atom is 0.258 e. The van der Waals surface area contributed by atoms with Crippen LogP contribution in [0.2, 0.25) is 5.02 Å². The number of nitrogens with one attached hydrogen (secondary N) is 2. The Bertz CT molecular complexity index is 1240. The van der Waals surface area contributed by atoms with Crippen LogP contribution in [-0.4, -0.2) is 49.2 Å². The zero-order chi connectivity index (χ0) is 24.1. The summed E-state index contributed by atoms with van der Waals surface area (Å²) in [5.41, 5.74) is 10.7. The number of H-pyrrole nitrogens is 1. The molecule has 2 heterocycles. The highest BCUT2D eigenvalue weighted by molar-refractivity contribution is 6.30. The van der Waals surface area contributed by atoms with Gasteiger partial charge in [-0.25, -0.2) is 0 Å². The Balaban J connectivity index is 1.56. The number of nitrogens with two attached hydrogens (primary N) is 1. The van der Waals surface area contributed by atoms with E-state index in [0.717, 1.165) is 24.3 Å². The van der Waals surface area contributed by atoms with E-state index in [2.05, 4.69) is 20.2 Å². The van der Waals surface area contributed by atoms with Crippen molar-refractivity contribution < 1.29 is 9.84 Å². The molecule has 4 rings (SSSR count). The van der Waals surface area contributed by atoms with Crippen LogP contribution in [0.3, 0.4) is 0 Å². The maximum atomic E-state index is 12.6. The number of aliphatic imine (C=N–C) groups is 1. The van der Waals surface area contributed by atoms with E-state index in [0.29, 0.717) is 46.4 Å². The molecule has 0 amide bonds. The molecule has 5 N–H and O–H groups in total. The second-order valence-corrected chi connectivity index (χ2v) is 8.58. The third kappa shape index (κ3) is 5.59. The van der Waals surface area contributed by atoms with Crippen LogP contribution in [0, 0.1) is 6.92 Å². The number of nitrogens with zero attached hydrogens (tertiary/aromatic N) is 2. The number of aromatic nitrogens is 1. The second-order valence-electron chi connectivity index (χ2n) is 8.14. The summed E-state index contributed by atoms with van der Waals surface area (Å²) < 4.78 is 5.45. The summed E-state index contributed by atoms with van der Waals surface area (Å²) >= 11 is 6.02. The third-order valence-corrected chi connectivity index (χ3v) is 6.01. The summed E-state index contributed by atoms with van der Waals surface area (Å²) in [5.74, 6) is 0. The molecule has 1 aliphatic rings. The standard InChI is InChI=1S/C25H28ClN5O3/c1-16-11-19(31-7-9-34-10-8-31)13-22(24(16)27)29-14-20-21(5-6-28-25(20)33)30-15-23(32)17-3-2-4-18(26)12-17/h2-6,11-14,23,32H,7-10,15,27H2,1H3,(H2,28,30,33)/t23-/m1/s1. The zero-order valence-electron chi connectivity index (χ0n) is 18.9. The topological polar surface area (TPSA) is 116 Å². The minimum absolute atomic E-state index is 0.193. The monoisotopic (exact) mass is 481 g/mol. The Kier molecular flexibility index (Phi) is 7.52. The van der Waals surface area contributed by atoms with Crippen LogP contribution < -0.4 is 21.5 Å². The van der Waals surface area contributed by atoms with Gasteiger partial charge in [0.1, 0.15) is 0 Å². The van der Waals surface area contributed by atoms with E-state index in [1.807, 2.05) is 19.1 Å². The number of morpholine rings is 1. The molecule has 8 nitrogen and oxygen atoms in total. The van der Waals surface area contributed by atoms with Crippen LogP contribution in [0.25, 0.3) is 0 Å². The Morgan fingerprint density at radius 2 is 2.09 bits per heavy atom. The van der Waals surface area contributed by atoms with Crippen molar-refractivity contribution in [2.45, 2.75) is 13.0 Å². The molecule has 178 valence electrons. The highest BCUT2D eigenvalue weighted by Gasteiger charge is 2.15. The number of anilines is 3. The highest BCUT2D eigenvalue weighted by Crippen LogP contribution is 2.32. The molecular formula is C25H28ClN5O3. The lowest BCUT2D eigenvalue weighted by Gasteiger charge is -2.29. The number of aromatic amines is 1. The summed E-state index contributed by atoms with van der Waals surface area (Å²) in [7, 11) is 0. The lowest BCUT2D eigenvalue weighted by molar-refractivity contribution is 0.122. The first-order valence-corrected chi connectivity index (χ1v) is 11.5.